The zero-order valence-corrected chi connectivity index (χ0v) is 7.69. The van der Waals surface area contributed by atoms with E-state index in [0.29, 0.717) is 5.75 Å². The molecular formula is C7H14O3S. The molecule has 0 aromatic carbocycles. The van der Waals surface area contributed by atoms with Gasteiger partial charge < -0.3 is 5.11 Å². The van der Waals surface area contributed by atoms with Crippen LogP contribution >= 0.6 is 0 Å². The van der Waals surface area contributed by atoms with Gasteiger partial charge in [-0.3, -0.25) is 9.00 Å². The maximum atomic E-state index is 11.0. The Morgan fingerprint density at radius 2 is 2.18 bits per heavy atom. The van der Waals surface area contributed by atoms with Crippen LogP contribution < -0.4 is 0 Å². The van der Waals surface area contributed by atoms with Crippen LogP contribution in [0.3, 0.4) is 0 Å². The number of hydrogen-bond acceptors (Lipinski definition) is 2. The van der Waals surface area contributed by atoms with E-state index in [0.717, 1.165) is 6.42 Å². The van der Waals surface area contributed by atoms with Crippen LogP contribution in [0.4, 0.5) is 0 Å². The van der Waals surface area contributed by atoms with Crippen molar-refractivity contribution in [3.05, 3.63) is 0 Å². The summed E-state index contributed by atoms with van der Waals surface area (Å²) in [6.45, 7) is 3.51. The highest BCUT2D eigenvalue weighted by Crippen LogP contribution is 1.99. The normalized spacial score (nSPS) is 15.8. The van der Waals surface area contributed by atoms with E-state index in [1.54, 1.807) is 6.92 Å². The van der Waals surface area contributed by atoms with Gasteiger partial charge in [0.05, 0.1) is 5.92 Å². The number of carbonyl (C=O) groups is 1. The summed E-state index contributed by atoms with van der Waals surface area (Å²) in [6.07, 6.45) is 0.846. The predicted molar refractivity (Wildman–Crippen MR) is 45.0 cm³/mol. The van der Waals surface area contributed by atoms with Gasteiger partial charge in [-0.05, 0) is 6.42 Å². The van der Waals surface area contributed by atoms with Crippen LogP contribution in [0.15, 0.2) is 0 Å². The fourth-order valence-corrected chi connectivity index (χ4v) is 1.98. The first kappa shape index (κ1) is 10.6. The summed E-state index contributed by atoms with van der Waals surface area (Å²) in [4.78, 5) is 10.3. The molecule has 66 valence electrons. The minimum atomic E-state index is -0.952. The third-order valence-electron chi connectivity index (χ3n) is 1.29. The van der Waals surface area contributed by atoms with Gasteiger partial charge in [-0.15, -0.1) is 0 Å². The van der Waals surface area contributed by atoms with Crippen LogP contribution in [0, 0.1) is 5.92 Å². The first-order valence-electron chi connectivity index (χ1n) is 3.65. The van der Waals surface area contributed by atoms with Gasteiger partial charge in [0.2, 0.25) is 0 Å². The van der Waals surface area contributed by atoms with Gasteiger partial charge >= 0.3 is 5.97 Å². The summed E-state index contributed by atoms with van der Waals surface area (Å²) >= 11 is 0. The van der Waals surface area contributed by atoms with E-state index < -0.39 is 22.7 Å². The highest BCUT2D eigenvalue weighted by atomic mass is 32.2. The lowest BCUT2D eigenvalue weighted by Gasteiger charge is -2.03. The van der Waals surface area contributed by atoms with Crippen LogP contribution in [-0.2, 0) is 15.6 Å². The van der Waals surface area contributed by atoms with Gasteiger partial charge in [0.25, 0.3) is 0 Å². The number of rotatable bonds is 5. The Morgan fingerprint density at radius 3 is 2.55 bits per heavy atom. The van der Waals surface area contributed by atoms with Gasteiger partial charge in [0.1, 0.15) is 0 Å². The molecule has 0 fully saturated rings. The quantitative estimate of drug-likeness (QED) is 0.679. The second-order valence-corrected chi connectivity index (χ2v) is 4.17. The molecule has 11 heavy (non-hydrogen) atoms. The van der Waals surface area contributed by atoms with E-state index in [4.69, 9.17) is 5.11 Å². The Morgan fingerprint density at radius 1 is 1.64 bits per heavy atom. The van der Waals surface area contributed by atoms with Crippen molar-refractivity contribution < 1.29 is 14.1 Å². The fourth-order valence-electron chi connectivity index (χ4n) is 0.661. The average Bonchev–Trinajstić information content (AvgIpc) is 1.87. The van der Waals surface area contributed by atoms with E-state index >= 15 is 0 Å². The first-order chi connectivity index (χ1) is 5.07. The molecule has 0 aromatic rings. The maximum absolute atomic E-state index is 11.0. The zero-order chi connectivity index (χ0) is 8.85. The standard InChI is InChI=1S/C7H14O3S/c1-3-4-11(10)5-6(2)7(8)9/h6H,3-5H2,1-2H3,(H,8,9). The van der Waals surface area contributed by atoms with Crippen LogP contribution in [0.5, 0.6) is 0 Å². The molecule has 0 spiro atoms. The largest absolute Gasteiger partial charge is 0.481 e. The van der Waals surface area contributed by atoms with Crippen molar-refractivity contribution in [1.29, 1.82) is 0 Å². The Kier molecular flexibility index (Phi) is 5.11. The lowest BCUT2D eigenvalue weighted by Crippen LogP contribution is -2.18. The summed E-state index contributed by atoms with van der Waals surface area (Å²) in [5.41, 5.74) is 0. The Hall–Kier alpha value is -0.380. The summed E-state index contributed by atoms with van der Waals surface area (Å²) in [6, 6.07) is 0. The molecule has 3 nitrogen and oxygen atoms in total. The van der Waals surface area contributed by atoms with E-state index in [2.05, 4.69) is 0 Å². The molecule has 0 aromatic heterocycles. The first-order valence-corrected chi connectivity index (χ1v) is 5.14. The van der Waals surface area contributed by atoms with Crippen LogP contribution in [-0.4, -0.2) is 26.8 Å². The van der Waals surface area contributed by atoms with E-state index in [-0.39, 0.29) is 5.75 Å². The minimum Gasteiger partial charge on any atom is -0.481 e. The molecule has 2 atom stereocenters. The monoisotopic (exact) mass is 178 g/mol. The number of carboxylic acid groups (broad SMARTS) is 1. The summed E-state index contributed by atoms with van der Waals surface area (Å²) in [7, 11) is -0.952. The lowest BCUT2D eigenvalue weighted by atomic mass is 10.2. The third kappa shape index (κ3) is 4.95. The summed E-state index contributed by atoms with van der Waals surface area (Å²) < 4.78 is 11.0. The van der Waals surface area contributed by atoms with Crippen molar-refractivity contribution >= 4 is 16.8 Å². The molecule has 0 aliphatic heterocycles. The molecule has 2 unspecified atom stereocenters. The molecule has 0 saturated carbocycles. The van der Waals surface area contributed by atoms with Crippen molar-refractivity contribution in [1.82, 2.24) is 0 Å². The minimum absolute atomic E-state index is 0.281. The molecule has 0 amide bonds. The molecule has 4 heteroatoms. The average molecular weight is 178 g/mol. The molecular weight excluding hydrogens is 164 g/mol. The van der Waals surface area contributed by atoms with Gasteiger partial charge in [0.15, 0.2) is 0 Å². The Bertz CT molecular complexity index is 156. The van der Waals surface area contributed by atoms with Crippen molar-refractivity contribution in [3.8, 4) is 0 Å². The summed E-state index contributed by atoms with van der Waals surface area (Å²) in [5.74, 6) is -0.460. The van der Waals surface area contributed by atoms with Gasteiger partial charge in [-0.25, -0.2) is 0 Å². The van der Waals surface area contributed by atoms with Gasteiger partial charge in [0, 0.05) is 22.3 Å². The lowest BCUT2D eigenvalue weighted by molar-refractivity contribution is -0.140. The van der Waals surface area contributed by atoms with Crippen LogP contribution in [0.1, 0.15) is 20.3 Å². The van der Waals surface area contributed by atoms with E-state index in [1.165, 1.54) is 0 Å². The van der Waals surface area contributed by atoms with E-state index in [1.807, 2.05) is 6.92 Å². The van der Waals surface area contributed by atoms with Crippen LogP contribution in [0.25, 0.3) is 0 Å². The topological polar surface area (TPSA) is 54.4 Å². The second kappa shape index (κ2) is 5.29. The van der Waals surface area contributed by atoms with Gasteiger partial charge in [-0.1, -0.05) is 13.8 Å². The molecule has 0 saturated heterocycles. The Balaban J connectivity index is 3.66. The number of hydrogen-bond donors (Lipinski definition) is 1. The third-order valence-corrected chi connectivity index (χ3v) is 3.02. The van der Waals surface area contributed by atoms with Gasteiger partial charge in [-0.2, -0.15) is 0 Å². The molecule has 0 heterocycles. The SMILES string of the molecule is CCCS(=O)CC(C)C(=O)O. The van der Waals surface area contributed by atoms with Crippen molar-refractivity contribution in [2.24, 2.45) is 5.92 Å². The van der Waals surface area contributed by atoms with Crippen LogP contribution in [0.2, 0.25) is 0 Å². The fraction of sp³-hybridized carbons (Fsp3) is 0.857. The van der Waals surface area contributed by atoms with Crippen molar-refractivity contribution in [2.45, 2.75) is 20.3 Å². The number of aliphatic carboxylic acids is 1. The molecule has 0 aliphatic carbocycles. The highest BCUT2D eigenvalue weighted by Gasteiger charge is 2.13. The molecule has 1 N–H and O–H groups in total. The molecule has 0 radical (unpaired) electrons. The number of carboxylic acids is 1. The van der Waals surface area contributed by atoms with Crippen molar-refractivity contribution in [2.75, 3.05) is 11.5 Å². The zero-order valence-electron chi connectivity index (χ0n) is 6.87. The molecule has 0 rings (SSSR count). The molecule has 0 aliphatic rings. The summed E-state index contributed by atoms with van der Waals surface area (Å²) in [5, 5.41) is 8.46. The highest BCUT2D eigenvalue weighted by molar-refractivity contribution is 7.85. The van der Waals surface area contributed by atoms with E-state index in [9.17, 15) is 9.00 Å². The predicted octanol–water partition coefficient (Wildman–Crippen LogP) is 0.866. The van der Waals surface area contributed by atoms with Crippen molar-refractivity contribution in [3.63, 3.8) is 0 Å². The Labute approximate surface area is 69.3 Å². The second-order valence-electron chi connectivity index (χ2n) is 2.55. The molecule has 0 bridgehead atoms. The maximum Gasteiger partial charge on any atom is 0.307 e. The smallest absolute Gasteiger partial charge is 0.307 e.